The van der Waals surface area contributed by atoms with Crippen molar-refractivity contribution >= 4 is 29.5 Å². The highest BCUT2D eigenvalue weighted by Gasteiger charge is 2.28. The van der Waals surface area contributed by atoms with Gasteiger partial charge in [0.1, 0.15) is 11.9 Å². The monoisotopic (exact) mass is 710 g/mol. The summed E-state index contributed by atoms with van der Waals surface area (Å²) in [5.41, 5.74) is 6.11. The van der Waals surface area contributed by atoms with E-state index in [0.717, 1.165) is 80.7 Å². The summed E-state index contributed by atoms with van der Waals surface area (Å²) in [7, 11) is 5.98. The number of fused-ring (bicyclic) bond motifs is 1. The predicted molar refractivity (Wildman–Crippen MR) is 226 cm³/mol. The molecule has 0 amide bonds. The summed E-state index contributed by atoms with van der Waals surface area (Å²) in [6, 6.07) is 3.04. The molecule has 3 aliphatic rings. The minimum absolute atomic E-state index is 0.240. The first-order valence-corrected chi connectivity index (χ1v) is 20.3. The number of hydrogen-bond donors (Lipinski definition) is 2. The van der Waals surface area contributed by atoms with Crippen molar-refractivity contribution in [3.05, 3.63) is 57.6 Å². The quantitative estimate of drug-likeness (QED) is 0.167. The van der Waals surface area contributed by atoms with E-state index in [0.29, 0.717) is 18.3 Å². The first-order chi connectivity index (χ1) is 24.4. The number of allylic oxidation sites excluding steroid dienone is 2. The molecule has 0 spiro atoms. The van der Waals surface area contributed by atoms with E-state index in [4.69, 9.17) is 10.4 Å². The summed E-state index contributed by atoms with van der Waals surface area (Å²) in [4.78, 5) is 15.6. The van der Waals surface area contributed by atoms with Crippen LogP contribution in [-0.4, -0.2) is 81.3 Å². The summed E-state index contributed by atoms with van der Waals surface area (Å²) in [6.45, 7) is 29.9. The maximum Gasteiger partial charge on any atom is 0.129 e. The average molecular weight is 710 g/mol. The summed E-state index contributed by atoms with van der Waals surface area (Å²) in [5, 5.41) is 23.7. The van der Waals surface area contributed by atoms with Gasteiger partial charge in [0, 0.05) is 47.1 Å². The third-order valence-electron chi connectivity index (χ3n) is 8.87. The summed E-state index contributed by atoms with van der Waals surface area (Å²) in [6.07, 6.45) is 14.2. The Balaban J connectivity index is 0. The first kappa shape index (κ1) is 49.3. The van der Waals surface area contributed by atoms with Crippen molar-refractivity contribution in [3.8, 4) is 6.07 Å². The van der Waals surface area contributed by atoms with Crippen LogP contribution < -0.4 is 5.32 Å². The van der Waals surface area contributed by atoms with E-state index < -0.39 is 0 Å². The molecule has 1 aromatic heterocycles. The molecule has 2 saturated heterocycles. The summed E-state index contributed by atoms with van der Waals surface area (Å²) in [5.74, 6) is 1.17. The molecular weight excluding hydrogens is 635 g/mol. The second-order valence-electron chi connectivity index (χ2n) is 11.9. The van der Waals surface area contributed by atoms with Gasteiger partial charge in [-0.05, 0) is 117 Å². The van der Waals surface area contributed by atoms with Gasteiger partial charge in [-0.1, -0.05) is 60.5 Å². The summed E-state index contributed by atoms with van der Waals surface area (Å²) < 4.78 is 0. The van der Waals surface area contributed by atoms with Crippen LogP contribution in [0.5, 0.6) is 0 Å². The molecule has 0 aromatic carbocycles. The number of nitrogens with zero attached hydrogens (tertiary/aromatic N) is 5. The SMILES string of the molecule is C=C.C=N/C(=C\C(CC[C@@H]1CCCN1C)=NCC(=N)/C(CCC)=C(\C)C1CCCc2scc(C#N)c21)N1CCCC1.CC.CC.CC.CNC. The average Bonchev–Trinajstić information content (AvgIpc) is 3.95. The molecule has 2 fully saturated rings. The molecule has 2 atom stereocenters. The Morgan fingerprint density at radius 3 is 2.18 bits per heavy atom. The lowest BCUT2D eigenvalue weighted by molar-refractivity contribution is 0.299. The Morgan fingerprint density at radius 2 is 1.66 bits per heavy atom. The zero-order valence-electron chi connectivity index (χ0n) is 34.2. The molecule has 50 heavy (non-hydrogen) atoms. The smallest absolute Gasteiger partial charge is 0.129 e. The topological polar surface area (TPSA) is 90.9 Å². The minimum atomic E-state index is 0.240. The Labute approximate surface area is 313 Å². The number of nitriles is 1. The zero-order valence-corrected chi connectivity index (χ0v) is 35.0. The van der Waals surface area contributed by atoms with Crippen molar-refractivity contribution in [2.45, 2.75) is 138 Å². The van der Waals surface area contributed by atoms with Gasteiger partial charge >= 0.3 is 0 Å². The van der Waals surface area contributed by atoms with Gasteiger partial charge in [-0.2, -0.15) is 5.26 Å². The van der Waals surface area contributed by atoms with E-state index in [1.807, 2.05) is 61.0 Å². The number of rotatable bonds is 12. The van der Waals surface area contributed by atoms with E-state index in [2.05, 4.69) is 73.0 Å². The molecule has 2 aliphatic heterocycles. The van der Waals surface area contributed by atoms with E-state index in [-0.39, 0.29) is 5.92 Å². The van der Waals surface area contributed by atoms with Crippen LogP contribution in [0.4, 0.5) is 0 Å². The van der Waals surface area contributed by atoms with Gasteiger partial charge in [0.05, 0.1) is 17.8 Å². The normalized spacial score (nSPS) is 18.7. The van der Waals surface area contributed by atoms with Crippen LogP contribution in [0.1, 0.15) is 142 Å². The van der Waals surface area contributed by atoms with Crippen LogP contribution in [-0.2, 0) is 6.42 Å². The second-order valence-corrected chi connectivity index (χ2v) is 12.9. The van der Waals surface area contributed by atoms with Crippen molar-refractivity contribution in [1.82, 2.24) is 15.1 Å². The maximum absolute atomic E-state index is 9.75. The third kappa shape index (κ3) is 16.0. The number of aryl methyl sites for hydroxylation is 1. The van der Waals surface area contributed by atoms with Crippen LogP contribution in [0.15, 0.2) is 51.6 Å². The summed E-state index contributed by atoms with van der Waals surface area (Å²) >= 11 is 1.73. The van der Waals surface area contributed by atoms with Crippen molar-refractivity contribution < 1.29 is 0 Å². The number of hydrogen-bond acceptors (Lipinski definition) is 8. The van der Waals surface area contributed by atoms with E-state index >= 15 is 0 Å². The second kappa shape index (κ2) is 30.9. The highest BCUT2D eigenvalue weighted by Crippen LogP contribution is 2.43. The van der Waals surface area contributed by atoms with Gasteiger partial charge in [0.25, 0.3) is 0 Å². The largest absolute Gasteiger partial charge is 0.357 e. The lowest BCUT2D eigenvalue weighted by Gasteiger charge is -2.27. The lowest BCUT2D eigenvalue weighted by atomic mass is 9.78. The molecule has 2 N–H and O–H groups in total. The fourth-order valence-corrected chi connectivity index (χ4v) is 7.70. The fraction of sp³-hybridized carbons (Fsp3) is 0.667. The molecule has 1 unspecified atom stereocenters. The van der Waals surface area contributed by atoms with Gasteiger partial charge in [-0.15, -0.1) is 24.5 Å². The van der Waals surface area contributed by atoms with Crippen LogP contribution in [0.2, 0.25) is 0 Å². The van der Waals surface area contributed by atoms with Gasteiger partial charge in [0.15, 0.2) is 0 Å². The van der Waals surface area contributed by atoms with Crippen LogP contribution in [0.25, 0.3) is 0 Å². The Kier molecular flexibility index (Phi) is 30.5. The van der Waals surface area contributed by atoms with Gasteiger partial charge < -0.3 is 20.5 Å². The molecule has 4 rings (SSSR count). The van der Waals surface area contributed by atoms with Gasteiger partial charge in [-0.3, -0.25) is 4.99 Å². The van der Waals surface area contributed by atoms with Crippen molar-refractivity contribution in [2.24, 2.45) is 9.98 Å². The van der Waals surface area contributed by atoms with Crippen LogP contribution in [0, 0.1) is 16.7 Å². The van der Waals surface area contributed by atoms with E-state index in [9.17, 15) is 5.26 Å². The molecule has 0 radical (unpaired) electrons. The maximum atomic E-state index is 9.75. The molecule has 3 heterocycles. The lowest BCUT2D eigenvalue weighted by Crippen LogP contribution is -2.25. The molecular formula is C42H75N7S. The molecule has 8 heteroatoms. The third-order valence-corrected chi connectivity index (χ3v) is 9.93. The molecule has 284 valence electrons. The molecule has 1 aromatic rings. The minimum Gasteiger partial charge on any atom is -0.357 e. The zero-order chi connectivity index (χ0) is 38.5. The van der Waals surface area contributed by atoms with Crippen molar-refractivity contribution in [2.75, 3.05) is 47.3 Å². The number of aliphatic imine (C=N–C) groups is 2. The Hall–Kier alpha value is -2.86. The van der Waals surface area contributed by atoms with Crippen LogP contribution in [0.3, 0.4) is 0 Å². The molecule has 7 nitrogen and oxygen atoms in total. The van der Waals surface area contributed by atoms with Crippen molar-refractivity contribution in [3.63, 3.8) is 0 Å². The number of thiophene rings is 1. The Morgan fingerprint density at radius 1 is 1.04 bits per heavy atom. The number of nitrogens with one attached hydrogen (secondary N) is 2. The van der Waals surface area contributed by atoms with Crippen LogP contribution >= 0.6 is 11.3 Å². The molecule has 0 bridgehead atoms. The highest BCUT2D eigenvalue weighted by molar-refractivity contribution is 7.10. The molecule has 0 saturated carbocycles. The first-order valence-electron chi connectivity index (χ1n) is 19.4. The molecule has 1 aliphatic carbocycles. The van der Waals surface area contributed by atoms with Gasteiger partial charge in [0.2, 0.25) is 0 Å². The highest BCUT2D eigenvalue weighted by atomic mass is 32.1. The Bertz CT molecular complexity index is 1200. The standard InChI is InChI=1S/C32H46N6S.C2H7N.3C2H6.C2H4/c1-5-10-27(23(2)28-12-8-13-30-32(28)24(20-33)22-39-30)29(34)21-36-25(14-15-26-11-9-16-37(26)4)19-31(35-3)38-17-6-7-18-38;1-3-2;4*1-2/h19,22,26,28,34H,3,5-18,21H2,1-2,4H3;3H,1-2H3;3*1-2H3;1-2H2/b27-23+,31-19+,34-29?,36-25?;;;;;/t26-,28?;;;;;/m0...../s1. The fourth-order valence-electron chi connectivity index (χ4n) is 6.62. The predicted octanol–water partition coefficient (Wildman–Crippen LogP) is 10.8. The van der Waals surface area contributed by atoms with E-state index in [1.165, 1.54) is 48.2 Å². The van der Waals surface area contributed by atoms with Gasteiger partial charge in [-0.25, -0.2) is 4.99 Å². The number of likely N-dealkylation sites (tertiary alicyclic amines) is 2. The van der Waals surface area contributed by atoms with E-state index in [1.54, 1.807) is 11.3 Å². The van der Waals surface area contributed by atoms with Crippen molar-refractivity contribution in [1.29, 1.82) is 10.7 Å².